The zero-order chi connectivity index (χ0) is 44.1. The van der Waals surface area contributed by atoms with Crippen LogP contribution in [0.25, 0.3) is 64.6 Å². The molecule has 0 atom stereocenters. The number of hydrogen-bond donors (Lipinski definition) is 0. The van der Waals surface area contributed by atoms with Gasteiger partial charge in [0.15, 0.2) is 0 Å². The number of hydrogen-bond acceptors (Lipinski definition) is 2. The van der Waals surface area contributed by atoms with Gasteiger partial charge in [-0.15, -0.1) is 0 Å². The third-order valence-corrected chi connectivity index (χ3v) is 16.7. The summed E-state index contributed by atoms with van der Waals surface area (Å²) in [5, 5.41) is 15.7. The van der Waals surface area contributed by atoms with Gasteiger partial charge in [-0.25, -0.2) is 0 Å². The van der Waals surface area contributed by atoms with Crippen molar-refractivity contribution in [1.82, 2.24) is 0 Å². The maximum absolute atomic E-state index is 2.73. The molecule has 0 spiro atoms. The summed E-state index contributed by atoms with van der Waals surface area (Å²) >= 11 is 0. The molecule has 67 heavy (non-hydrogen) atoms. The Morgan fingerprint density at radius 2 is 0.657 bits per heavy atom. The first-order valence-corrected chi connectivity index (χ1v) is 24.8. The predicted octanol–water partition coefficient (Wildman–Crippen LogP) is 15.1. The van der Waals surface area contributed by atoms with Gasteiger partial charge >= 0.3 is 0 Å². The van der Waals surface area contributed by atoms with Gasteiger partial charge in [0.1, 0.15) is 0 Å². The van der Waals surface area contributed by atoms with E-state index in [1.54, 1.807) is 22.3 Å². The van der Waals surface area contributed by atoms with E-state index in [-0.39, 0.29) is 6.71 Å². The number of fused-ring (bicyclic) bond motifs is 18. The summed E-state index contributed by atoms with van der Waals surface area (Å²) in [5.74, 6) is 0. The van der Waals surface area contributed by atoms with Gasteiger partial charge in [0.05, 0.1) is 11.4 Å². The summed E-state index contributed by atoms with van der Waals surface area (Å²) in [6.45, 7) is 5.01. The smallest absolute Gasteiger partial charge is 0.252 e. The third kappa shape index (κ3) is 5.07. The normalized spacial score (nSPS) is 15.0. The van der Waals surface area contributed by atoms with Crippen LogP contribution in [-0.2, 0) is 25.7 Å². The van der Waals surface area contributed by atoms with Gasteiger partial charge in [-0.3, -0.25) is 0 Å². The van der Waals surface area contributed by atoms with E-state index in [9.17, 15) is 0 Å². The van der Waals surface area contributed by atoms with Crippen molar-refractivity contribution in [3.8, 4) is 0 Å². The third-order valence-electron chi connectivity index (χ3n) is 16.7. The Hall–Kier alpha value is -7.36. The highest BCUT2D eigenvalue weighted by molar-refractivity contribution is 7.00. The lowest BCUT2D eigenvalue weighted by molar-refractivity contribution is 0.682. The van der Waals surface area contributed by atoms with Crippen LogP contribution in [0.5, 0.6) is 0 Å². The molecule has 0 bridgehead atoms. The molecule has 11 aromatic carbocycles. The summed E-state index contributed by atoms with van der Waals surface area (Å²) in [4.78, 5) is 5.47. The first-order chi connectivity index (χ1) is 33.1. The molecular weight excluding hydrogens is 808 g/mol. The summed E-state index contributed by atoms with van der Waals surface area (Å²) < 4.78 is 0. The van der Waals surface area contributed by atoms with Crippen LogP contribution < -0.4 is 26.2 Å². The number of anilines is 6. The van der Waals surface area contributed by atoms with Crippen molar-refractivity contribution >= 4 is 122 Å². The van der Waals surface area contributed by atoms with E-state index in [4.69, 9.17) is 0 Å². The fraction of sp³-hybridized carbons (Fsp3) is 0.156. The first kappa shape index (κ1) is 37.8. The van der Waals surface area contributed by atoms with Crippen LogP contribution in [0.15, 0.2) is 164 Å². The van der Waals surface area contributed by atoms with Gasteiger partial charge in [0.2, 0.25) is 0 Å². The Morgan fingerprint density at radius 3 is 1.06 bits per heavy atom. The summed E-state index contributed by atoms with van der Waals surface area (Å²) in [6.07, 6.45) is 9.59. The second-order valence-corrected chi connectivity index (χ2v) is 20.0. The van der Waals surface area contributed by atoms with Crippen molar-refractivity contribution in [2.75, 3.05) is 9.80 Å². The van der Waals surface area contributed by atoms with Gasteiger partial charge < -0.3 is 9.80 Å². The molecule has 2 aliphatic heterocycles. The Morgan fingerprint density at radius 1 is 0.343 bits per heavy atom. The molecule has 0 unspecified atom stereocenters. The average Bonchev–Trinajstić information content (AvgIpc) is 3.39. The van der Waals surface area contributed by atoms with E-state index in [2.05, 4.69) is 187 Å². The van der Waals surface area contributed by atoms with Gasteiger partial charge in [-0.2, -0.15) is 0 Å². The Bertz CT molecular complexity index is 3650. The van der Waals surface area contributed by atoms with Gasteiger partial charge in [-0.05, 0) is 193 Å². The standard InChI is InChI=1S/C64H49BN2/c1-38-42-20-5-3-18-40(42)36-54-63(38)66(56-32-15-30-52-48-24-9-7-22-44(48)46-26-11-13-28-50(46)60(52)56)58-34-17-35-59-62(58)65(54)55-37-41-19-4-6-21-43(41)39(2)64(55)67(59)57-33-16-31-53-49-25-10-8-23-45(49)47-27-12-14-29-51(47)61(53)57/h7-17,22-37H,3-6,18-21H2,1-2H3. The first-order valence-electron chi connectivity index (χ1n) is 24.8. The molecule has 3 heteroatoms. The molecule has 0 fully saturated rings. The van der Waals surface area contributed by atoms with E-state index in [0.717, 1.165) is 25.7 Å². The Labute approximate surface area is 392 Å². The van der Waals surface area contributed by atoms with Crippen LogP contribution in [0.1, 0.15) is 59.1 Å². The summed E-state index contributed by atoms with van der Waals surface area (Å²) in [7, 11) is 0. The lowest BCUT2D eigenvalue weighted by Crippen LogP contribution is -2.62. The molecule has 0 amide bonds. The molecule has 0 saturated heterocycles. The van der Waals surface area contributed by atoms with E-state index in [1.165, 1.54) is 152 Å². The molecule has 2 aliphatic carbocycles. The maximum atomic E-state index is 2.73. The van der Waals surface area contributed by atoms with Crippen molar-refractivity contribution in [1.29, 1.82) is 0 Å². The van der Waals surface area contributed by atoms with Crippen LogP contribution in [0, 0.1) is 13.8 Å². The fourth-order valence-electron chi connectivity index (χ4n) is 14.0. The fourth-order valence-corrected chi connectivity index (χ4v) is 14.0. The molecule has 318 valence electrons. The molecule has 4 aliphatic rings. The van der Waals surface area contributed by atoms with Crippen molar-refractivity contribution in [2.24, 2.45) is 0 Å². The Kier molecular flexibility index (Phi) is 7.95. The van der Waals surface area contributed by atoms with Gasteiger partial charge in [0.25, 0.3) is 6.71 Å². The van der Waals surface area contributed by atoms with Crippen LogP contribution in [0.2, 0.25) is 0 Å². The molecule has 0 saturated carbocycles. The molecule has 0 radical (unpaired) electrons. The quantitative estimate of drug-likeness (QED) is 0.126. The maximum Gasteiger partial charge on any atom is 0.252 e. The highest BCUT2D eigenvalue weighted by Gasteiger charge is 2.46. The number of aryl methyl sites for hydroxylation is 2. The van der Waals surface area contributed by atoms with E-state index < -0.39 is 0 Å². The second-order valence-electron chi connectivity index (χ2n) is 20.0. The zero-order valence-corrected chi connectivity index (χ0v) is 38.2. The molecule has 2 heterocycles. The SMILES string of the molecule is Cc1c2c(cc3c1N(c1cccc4c5ccccc5c5ccccc5c14)c1cccc4c1B3c1cc3c(c(C)c1N4c1cccc4c5ccccc5c5ccccc5c14)CCCC3)CCCC2. The summed E-state index contributed by atoms with van der Waals surface area (Å²) in [5.41, 5.74) is 21.4. The number of rotatable bonds is 2. The Balaban J connectivity index is 1.11. The van der Waals surface area contributed by atoms with Gasteiger partial charge in [0, 0.05) is 33.5 Å². The summed E-state index contributed by atoms with van der Waals surface area (Å²) in [6, 6.07) is 63.2. The van der Waals surface area contributed by atoms with Gasteiger partial charge in [-0.1, -0.05) is 140 Å². The minimum absolute atomic E-state index is 0.0839. The highest BCUT2D eigenvalue weighted by Crippen LogP contribution is 2.52. The van der Waals surface area contributed by atoms with E-state index in [0.29, 0.717) is 0 Å². The van der Waals surface area contributed by atoms with E-state index >= 15 is 0 Å². The van der Waals surface area contributed by atoms with Crippen LogP contribution in [0.4, 0.5) is 34.1 Å². The van der Waals surface area contributed by atoms with Crippen molar-refractivity contribution in [2.45, 2.75) is 65.2 Å². The largest absolute Gasteiger partial charge is 0.311 e. The average molecular weight is 857 g/mol. The second kappa shape index (κ2) is 14.1. The van der Waals surface area contributed by atoms with Crippen LogP contribution in [0.3, 0.4) is 0 Å². The van der Waals surface area contributed by atoms with Crippen molar-refractivity contribution in [3.63, 3.8) is 0 Å². The monoisotopic (exact) mass is 856 g/mol. The lowest BCUT2D eigenvalue weighted by Gasteiger charge is -2.46. The number of benzene rings is 11. The highest BCUT2D eigenvalue weighted by atomic mass is 15.2. The molecule has 11 aromatic rings. The zero-order valence-electron chi connectivity index (χ0n) is 38.2. The van der Waals surface area contributed by atoms with Crippen LogP contribution in [-0.4, -0.2) is 6.71 Å². The van der Waals surface area contributed by atoms with Crippen molar-refractivity contribution in [3.05, 3.63) is 197 Å². The van der Waals surface area contributed by atoms with Crippen molar-refractivity contribution < 1.29 is 0 Å². The molecule has 2 nitrogen and oxygen atoms in total. The lowest BCUT2D eigenvalue weighted by atomic mass is 9.32. The minimum Gasteiger partial charge on any atom is -0.311 e. The molecular formula is C64H49BN2. The van der Waals surface area contributed by atoms with Crippen LogP contribution >= 0.6 is 0 Å². The minimum atomic E-state index is 0.0839. The van der Waals surface area contributed by atoms with E-state index in [1.807, 2.05) is 0 Å². The number of nitrogens with zero attached hydrogens (tertiary/aromatic N) is 2. The topological polar surface area (TPSA) is 6.48 Å². The molecule has 0 aromatic heterocycles. The molecule has 15 rings (SSSR count). The molecule has 0 N–H and O–H groups in total. The predicted molar refractivity (Wildman–Crippen MR) is 288 cm³/mol.